The third kappa shape index (κ3) is 3.04. The zero-order valence-electron chi connectivity index (χ0n) is 9.93. The second-order valence-electron chi connectivity index (χ2n) is 4.03. The van der Waals surface area contributed by atoms with E-state index in [9.17, 15) is 8.78 Å². The lowest BCUT2D eigenvalue weighted by molar-refractivity contribution is 0.507. The van der Waals surface area contributed by atoms with Crippen molar-refractivity contribution >= 4 is 43.5 Å². The number of benzene rings is 2. The quantitative estimate of drug-likeness (QED) is 0.424. The highest BCUT2D eigenvalue weighted by atomic mass is 79.9. The Morgan fingerprint density at radius 1 is 1.10 bits per heavy atom. The minimum atomic E-state index is -0.849. The van der Waals surface area contributed by atoms with Crippen molar-refractivity contribution in [2.45, 2.75) is 6.04 Å². The molecule has 3 N–H and O–H groups in total. The molecule has 0 saturated carbocycles. The molecule has 0 amide bonds. The van der Waals surface area contributed by atoms with Gasteiger partial charge >= 0.3 is 0 Å². The Kier molecular flexibility index (Phi) is 5.14. The summed E-state index contributed by atoms with van der Waals surface area (Å²) in [4.78, 5) is 0. The van der Waals surface area contributed by atoms with Gasteiger partial charge in [0.1, 0.15) is 11.6 Å². The van der Waals surface area contributed by atoms with Crippen LogP contribution in [0, 0.1) is 11.6 Å². The number of nitrogens with two attached hydrogens (primary N) is 1. The number of hydrogen-bond acceptors (Lipinski definition) is 2. The summed E-state index contributed by atoms with van der Waals surface area (Å²) in [6, 6.07) is 6.59. The van der Waals surface area contributed by atoms with Crippen LogP contribution in [0.5, 0.6) is 0 Å². The highest BCUT2D eigenvalue weighted by Gasteiger charge is 2.23. The number of hydrogen-bond donors (Lipinski definition) is 2. The molecule has 0 aliphatic carbocycles. The highest BCUT2D eigenvalue weighted by molar-refractivity contribution is 9.10. The molecule has 0 bridgehead atoms. The molecule has 0 aliphatic rings. The first-order valence-corrected chi connectivity index (χ1v) is 7.46. The van der Waals surface area contributed by atoms with Crippen molar-refractivity contribution in [3.8, 4) is 0 Å². The van der Waals surface area contributed by atoms with Gasteiger partial charge in [-0.05, 0) is 61.7 Å². The highest BCUT2D eigenvalue weighted by Crippen LogP contribution is 2.33. The normalized spacial score (nSPS) is 12.5. The summed E-state index contributed by atoms with van der Waals surface area (Å²) >= 11 is 12.3. The van der Waals surface area contributed by atoms with E-state index in [-0.39, 0.29) is 10.0 Å². The Balaban J connectivity index is 2.58. The average Bonchev–Trinajstić information content (AvgIpc) is 2.42. The molecular weight excluding hydrogens is 417 g/mol. The molecule has 1 unspecified atom stereocenters. The number of rotatable bonds is 3. The van der Waals surface area contributed by atoms with Crippen LogP contribution in [0.1, 0.15) is 17.2 Å². The Hall–Kier alpha value is -0.530. The third-order valence-corrected chi connectivity index (χ3v) is 4.66. The van der Waals surface area contributed by atoms with Gasteiger partial charge in [-0.1, -0.05) is 17.7 Å². The molecule has 0 fully saturated rings. The SMILES string of the molecule is NNC(c1ccc(Br)c(Cl)c1)c1c(F)ccc(Br)c1F. The van der Waals surface area contributed by atoms with Crippen LogP contribution >= 0.6 is 43.5 Å². The van der Waals surface area contributed by atoms with Crippen LogP contribution in [-0.4, -0.2) is 0 Å². The molecule has 0 radical (unpaired) electrons. The van der Waals surface area contributed by atoms with Gasteiger partial charge in [-0.3, -0.25) is 5.84 Å². The van der Waals surface area contributed by atoms with Gasteiger partial charge in [0.15, 0.2) is 0 Å². The molecule has 2 aromatic carbocycles. The summed E-state index contributed by atoms with van der Waals surface area (Å²) in [6.07, 6.45) is 0. The fraction of sp³-hybridized carbons (Fsp3) is 0.0769. The standard InChI is InChI=1S/C13H9Br2ClF2N2/c14-7-2-1-6(5-9(7)16)13(20-19)11-10(17)4-3-8(15)12(11)18/h1-5,13,20H,19H2. The van der Waals surface area contributed by atoms with Crippen LogP contribution in [0.2, 0.25) is 5.02 Å². The molecule has 106 valence electrons. The van der Waals surface area contributed by atoms with Crippen LogP contribution in [0.3, 0.4) is 0 Å². The lowest BCUT2D eigenvalue weighted by Gasteiger charge is -2.19. The summed E-state index contributed by atoms with van der Waals surface area (Å²) < 4.78 is 28.9. The van der Waals surface area contributed by atoms with E-state index in [4.69, 9.17) is 17.4 Å². The van der Waals surface area contributed by atoms with Crippen LogP contribution < -0.4 is 11.3 Å². The molecule has 20 heavy (non-hydrogen) atoms. The minimum Gasteiger partial charge on any atom is -0.271 e. The van der Waals surface area contributed by atoms with Crippen molar-refractivity contribution in [3.63, 3.8) is 0 Å². The van der Waals surface area contributed by atoms with E-state index in [1.54, 1.807) is 18.2 Å². The first kappa shape index (κ1) is 15.9. The van der Waals surface area contributed by atoms with E-state index in [1.807, 2.05) is 0 Å². The van der Waals surface area contributed by atoms with Crippen molar-refractivity contribution < 1.29 is 8.78 Å². The third-order valence-electron chi connectivity index (χ3n) is 2.81. The maximum absolute atomic E-state index is 14.1. The fourth-order valence-corrected chi connectivity index (χ4v) is 2.63. The Bertz CT molecular complexity index is 653. The average molecular weight is 426 g/mol. The van der Waals surface area contributed by atoms with Gasteiger partial charge in [-0.2, -0.15) is 0 Å². The molecule has 0 aliphatic heterocycles. The van der Waals surface area contributed by atoms with Crippen molar-refractivity contribution in [2.75, 3.05) is 0 Å². The Morgan fingerprint density at radius 3 is 2.35 bits per heavy atom. The predicted octanol–water partition coefficient (Wildman–Crippen LogP) is 4.70. The van der Waals surface area contributed by atoms with E-state index in [0.717, 1.165) is 0 Å². The van der Waals surface area contributed by atoms with Crippen LogP contribution in [0.4, 0.5) is 8.78 Å². The molecule has 2 rings (SSSR count). The van der Waals surface area contributed by atoms with Crippen molar-refractivity contribution in [1.29, 1.82) is 0 Å². The summed E-state index contributed by atoms with van der Waals surface area (Å²) in [5, 5.41) is 0.429. The van der Waals surface area contributed by atoms with Gasteiger partial charge in [0.05, 0.1) is 15.5 Å². The molecule has 2 nitrogen and oxygen atoms in total. The summed E-state index contributed by atoms with van der Waals surface area (Å²) in [5.41, 5.74) is 2.80. The van der Waals surface area contributed by atoms with E-state index in [2.05, 4.69) is 37.3 Å². The van der Waals surface area contributed by atoms with Crippen molar-refractivity contribution in [2.24, 2.45) is 5.84 Å². The smallest absolute Gasteiger partial charge is 0.145 e. The van der Waals surface area contributed by atoms with E-state index in [1.165, 1.54) is 12.1 Å². The van der Waals surface area contributed by atoms with Crippen LogP contribution in [0.25, 0.3) is 0 Å². The second-order valence-corrected chi connectivity index (χ2v) is 6.15. The van der Waals surface area contributed by atoms with Crippen LogP contribution in [-0.2, 0) is 0 Å². The molecule has 7 heteroatoms. The maximum Gasteiger partial charge on any atom is 0.145 e. The summed E-state index contributed by atoms with van der Waals surface area (Å²) in [6.45, 7) is 0. The Labute approximate surface area is 136 Å². The molecular formula is C13H9Br2ClF2N2. The van der Waals surface area contributed by atoms with E-state index in [0.29, 0.717) is 15.1 Å². The van der Waals surface area contributed by atoms with Gasteiger partial charge in [-0.25, -0.2) is 14.2 Å². The van der Waals surface area contributed by atoms with Crippen molar-refractivity contribution in [3.05, 3.63) is 67.1 Å². The van der Waals surface area contributed by atoms with E-state index < -0.39 is 17.7 Å². The number of nitrogens with one attached hydrogen (secondary N) is 1. The number of halogens is 5. The van der Waals surface area contributed by atoms with Gasteiger partial charge < -0.3 is 0 Å². The molecule has 0 aromatic heterocycles. The van der Waals surface area contributed by atoms with Crippen molar-refractivity contribution in [1.82, 2.24) is 5.43 Å². The van der Waals surface area contributed by atoms with Crippen LogP contribution in [0.15, 0.2) is 39.3 Å². The topological polar surface area (TPSA) is 38.0 Å². The predicted molar refractivity (Wildman–Crippen MR) is 82.4 cm³/mol. The molecule has 0 heterocycles. The lowest BCUT2D eigenvalue weighted by Crippen LogP contribution is -2.30. The first-order valence-electron chi connectivity index (χ1n) is 5.50. The zero-order chi connectivity index (χ0) is 14.9. The summed E-state index contributed by atoms with van der Waals surface area (Å²) in [5.74, 6) is 4.07. The summed E-state index contributed by atoms with van der Waals surface area (Å²) in [7, 11) is 0. The monoisotopic (exact) mass is 424 g/mol. The van der Waals surface area contributed by atoms with Gasteiger partial charge in [-0.15, -0.1) is 0 Å². The molecule has 0 spiro atoms. The molecule has 2 aromatic rings. The Morgan fingerprint density at radius 2 is 1.75 bits per heavy atom. The minimum absolute atomic E-state index is 0.164. The largest absolute Gasteiger partial charge is 0.271 e. The van der Waals surface area contributed by atoms with Gasteiger partial charge in [0.25, 0.3) is 0 Å². The second kappa shape index (κ2) is 6.49. The zero-order valence-corrected chi connectivity index (χ0v) is 13.9. The maximum atomic E-state index is 14.1. The van der Waals surface area contributed by atoms with E-state index >= 15 is 0 Å². The van der Waals surface area contributed by atoms with Gasteiger partial charge in [0, 0.05) is 10.0 Å². The van der Waals surface area contributed by atoms with Gasteiger partial charge in [0.2, 0.25) is 0 Å². The lowest BCUT2D eigenvalue weighted by atomic mass is 9.98. The molecule has 1 atom stereocenters. The first-order chi connectivity index (χ1) is 9.45. The molecule has 0 saturated heterocycles. The number of hydrazine groups is 1. The fourth-order valence-electron chi connectivity index (χ4n) is 1.85.